The zero-order valence-electron chi connectivity index (χ0n) is 11.1. The van der Waals surface area contributed by atoms with Crippen molar-refractivity contribution in [3.05, 3.63) is 34.9 Å². The van der Waals surface area contributed by atoms with Gasteiger partial charge in [-0.05, 0) is 48.9 Å². The number of hydrogen-bond acceptors (Lipinski definition) is 1. The van der Waals surface area contributed by atoms with Crippen molar-refractivity contribution in [2.75, 3.05) is 0 Å². The quantitative estimate of drug-likeness (QED) is 0.747. The standard InChI is InChI=1S/C14H15F6N/c15-13(16,17)10-4-9(5-11(7-10)14(18,19)20)8-2-1-3-12(21)6-8/h4-5,7-8,12H,1-3,6,21H2. The molecule has 1 aliphatic rings. The molecule has 0 amide bonds. The van der Waals surface area contributed by atoms with E-state index in [0.29, 0.717) is 19.3 Å². The number of nitrogens with two attached hydrogens (primary N) is 1. The van der Waals surface area contributed by atoms with Crippen molar-refractivity contribution in [2.24, 2.45) is 5.73 Å². The van der Waals surface area contributed by atoms with E-state index in [4.69, 9.17) is 5.73 Å². The Bertz CT molecular complexity index is 473. The Morgan fingerprint density at radius 2 is 1.38 bits per heavy atom. The van der Waals surface area contributed by atoms with E-state index in [0.717, 1.165) is 18.6 Å². The molecule has 21 heavy (non-hydrogen) atoms. The molecule has 0 heterocycles. The molecule has 1 aromatic rings. The molecule has 1 fully saturated rings. The van der Waals surface area contributed by atoms with Gasteiger partial charge in [0.1, 0.15) is 0 Å². The predicted octanol–water partition coefficient (Wildman–Crippen LogP) is 4.71. The Morgan fingerprint density at radius 1 is 0.857 bits per heavy atom. The molecule has 0 radical (unpaired) electrons. The maximum Gasteiger partial charge on any atom is 0.416 e. The van der Waals surface area contributed by atoms with Crippen LogP contribution in [0, 0.1) is 0 Å². The van der Waals surface area contributed by atoms with Gasteiger partial charge in [-0.15, -0.1) is 0 Å². The number of alkyl halides is 6. The number of rotatable bonds is 1. The molecule has 1 nitrogen and oxygen atoms in total. The SMILES string of the molecule is NC1CCCC(c2cc(C(F)(F)F)cc(C(F)(F)F)c2)C1. The van der Waals surface area contributed by atoms with Crippen LogP contribution < -0.4 is 5.73 Å². The first-order chi connectivity index (χ1) is 9.57. The Morgan fingerprint density at radius 3 is 1.81 bits per heavy atom. The molecule has 1 aromatic carbocycles. The fraction of sp³-hybridized carbons (Fsp3) is 0.571. The summed E-state index contributed by atoms with van der Waals surface area (Å²) in [4.78, 5) is 0. The summed E-state index contributed by atoms with van der Waals surface area (Å²) in [6, 6.07) is 1.62. The van der Waals surface area contributed by atoms with E-state index < -0.39 is 23.5 Å². The van der Waals surface area contributed by atoms with Crippen molar-refractivity contribution in [3.8, 4) is 0 Å². The Balaban J connectivity index is 2.45. The fourth-order valence-corrected chi connectivity index (χ4v) is 2.75. The highest BCUT2D eigenvalue weighted by molar-refractivity contribution is 5.35. The average Bonchev–Trinajstić information content (AvgIpc) is 2.36. The van der Waals surface area contributed by atoms with E-state index in [1.54, 1.807) is 0 Å². The molecule has 0 spiro atoms. The molecule has 2 rings (SSSR count). The van der Waals surface area contributed by atoms with Gasteiger partial charge in [0.2, 0.25) is 0 Å². The predicted molar refractivity (Wildman–Crippen MR) is 65.6 cm³/mol. The molecule has 0 bridgehead atoms. The summed E-state index contributed by atoms with van der Waals surface area (Å²) < 4.78 is 76.7. The van der Waals surface area contributed by atoms with Crippen LogP contribution in [0.15, 0.2) is 18.2 Å². The number of benzene rings is 1. The Kier molecular flexibility index (Phi) is 4.24. The summed E-state index contributed by atoms with van der Waals surface area (Å²) >= 11 is 0. The third-order valence-electron chi connectivity index (χ3n) is 3.80. The van der Waals surface area contributed by atoms with Gasteiger partial charge in [-0.3, -0.25) is 0 Å². The third kappa shape index (κ3) is 3.90. The van der Waals surface area contributed by atoms with Gasteiger partial charge in [-0.1, -0.05) is 6.42 Å². The van der Waals surface area contributed by atoms with Gasteiger partial charge in [0.25, 0.3) is 0 Å². The van der Waals surface area contributed by atoms with Crippen molar-refractivity contribution < 1.29 is 26.3 Å². The van der Waals surface area contributed by atoms with E-state index in [-0.39, 0.29) is 23.6 Å². The summed E-state index contributed by atoms with van der Waals surface area (Å²) in [7, 11) is 0. The second-order valence-electron chi connectivity index (χ2n) is 5.46. The van der Waals surface area contributed by atoms with Crippen LogP contribution in [0.25, 0.3) is 0 Å². The molecule has 118 valence electrons. The highest BCUT2D eigenvalue weighted by Crippen LogP contribution is 2.40. The molecule has 7 heteroatoms. The van der Waals surface area contributed by atoms with Crippen LogP contribution in [0.1, 0.15) is 48.3 Å². The lowest BCUT2D eigenvalue weighted by molar-refractivity contribution is -0.143. The topological polar surface area (TPSA) is 26.0 Å². The largest absolute Gasteiger partial charge is 0.416 e. The minimum absolute atomic E-state index is 0.0762. The zero-order chi connectivity index (χ0) is 15.8. The van der Waals surface area contributed by atoms with Crippen LogP contribution in [-0.2, 0) is 12.4 Å². The Hall–Kier alpha value is -1.24. The summed E-state index contributed by atoms with van der Waals surface area (Å²) in [5.41, 5.74) is 3.33. The molecule has 1 saturated carbocycles. The maximum atomic E-state index is 12.8. The summed E-state index contributed by atoms with van der Waals surface area (Å²) in [6.45, 7) is 0. The van der Waals surface area contributed by atoms with Crippen LogP contribution in [-0.4, -0.2) is 6.04 Å². The van der Waals surface area contributed by atoms with E-state index in [2.05, 4.69) is 0 Å². The average molecular weight is 311 g/mol. The van der Waals surface area contributed by atoms with Crippen LogP contribution >= 0.6 is 0 Å². The molecule has 0 aliphatic heterocycles. The van der Waals surface area contributed by atoms with Crippen molar-refractivity contribution >= 4 is 0 Å². The van der Waals surface area contributed by atoms with Crippen molar-refractivity contribution in [1.82, 2.24) is 0 Å². The monoisotopic (exact) mass is 311 g/mol. The molecular formula is C14H15F6N. The van der Waals surface area contributed by atoms with Gasteiger partial charge < -0.3 is 5.73 Å². The molecule has 2 unspecified atom stereocenters. The van der Waals surface area contributed by atoms with Crippen molar-refractivity contribution in [3.63, 3.8) is 0 Å². The van der Waals surface area contributed by atoms with Crippen LogP contribution in [0.3, 0.4) is 0 Å². The van der Waals surface area contributed by atoms with Gasteiger partial charge in [0.15, 0.2) is 0 Å². The summed E-state index contributed by atoms with van der Waals surface area (Å²) in [5, 5.41) is 0. The molecule has 1 aliphatic carbocycles. The molecule has 0 aromatic heterocycles. The van der Waals surface area contributed by atoms with Gasteiger partial charge in [-0.25, -0.2) is 0 Å². The van der Waals surface area contributed by atoms with E-state index in [9.17, 15) is 26.3 Å². The highest BCUT2D eigenvalue weighted by Gasteiger charge is 2.37. The second-order valence-corrected chi connectivity index (χ2v) is 5.46. The zero-order valence-corrected chi connectivity index (χ0v) is 11.1. The van der Waals surface area contributed by atoms with E-state index in [1.165, 1.54) is 0 Å². The normalized spacial score (nSPS) is 24.1. The number of hydrogen-bond donors (Lipinski definition) is 1. The lowest BCUT2D eigenvalue weighted by Gasteiger charge is -2.28. The molecule has 2 N–H and O–H groups in total. The van der Waals surface area contributed by atoms with E-state index in [1.807, 2.05) is 0 Å². The first kappa shape index (κ1) is 16.1. The fourth-order valence-electron chi connectivity index (χ4n) is 2.75. The minimum atomic E-state index is -4.80. The Labute approximate surface area is 118 Å². The van der Waals surface area contributed by atoms with Crippen LogP contribution in [0.5, 0.6) is 0 Å². The van der Waals surface area contributed by atoms with Gasteiger partial charge in [-0.2, -0.15) is 26.3 Å². The first-order valence-corrected chi connectivity index (χ1v) is 6.62. The van der Waals surface area contributed by atoms with E-state index >= 15 is 0 Å². The molecule has 0 saturated heterocycles. The highest BCUT2D eigenvalue weighted by atomic mass is 19.4. The smallest absolute Gasteiger partial charge is 0.328 e. The summed E-state index contributed by atoms with van der Waals surface area (Å²) in [6.07, 6.45) is -7.16. The van der Waals surface area contributed by atoms with Gasteiger partial charge in [0, 0.05) is 6.04 Å². The van der Waals surface area contributed by atoms with Gasteiger partial charge >= 0.3 is 12.4 Å². The lowest BCUT2D eigenvalue weighted by atomic mass is 9.80. The molecule has 2 atom stereocenters. The van der Waals surface area contributed by atoms with Gasteiger partial charge in [0.05, 0.1) is 11.1 Å². The number of halogens is 6. The lowest BCUT2D eigenvalue weighted by Crippen LogP contribution is -2.27. The third-order valence-corrected chi connectivity index (χ3v) is 3.80. The minimum Gasteiger partial charge on any atom is -0.328 e. The maximum absolute atomic E-state index is 12.8. The van der Waals surface area contributed by atoms with Crippen molar-refractivity contribution in [1.29, 1.82) is 0 Å². The van der Waals surface area contributed by atoms with Crippen LogP contribution in [0.2, 0.25) is 0 Å². The first-order valence-electron chi connectivity index (χ1n) is 6.62. The second kappa shape index (κ2) is 5.51. The van der Waals surface area contributed by atoms with Crippen molar-refractivity contribution in [2.45, 2.75) is 50.0 Å². The summed E-state index contributed by atoms with van der Waals surface area (Å²) in [5.74, 6) is -0.350. The molecular weight excluding hydrogens is 296 g/mol. The van der Waals surface area contributed by atoms with Crippen LogP contribution in [0.4, 0.5) is 26.3 Å².